The molecule has 0 bridgehead atoms. The lowest BCUT2D eigenvalue weighted by Crippen LogP contribution is -2.15. The van der Waals surface area contributed by atoms with Crippen LogP contribution in [0.5, 0.6) is 11.5 Å². The van der Waals surface area contributed by atoms with Crippen molar-refractivity contribution >= 4 is 34.8 Å². The number of aryl methyl sites for hydroxylation is 1. The average Bonchev–Trinajstić information content (AvgIpc) is 2.70. The van der Waals surface area contributed by atoms with Gasteiger partial charge < -0.3 is 20.1 Å². The zero-order chi connectivity index (χ0) is 20.1. The van der Waals surface area contributed by atoms with E-state index in [4.69, 9.17) is 21.1 Å². The van der Waals surface area contributed by atoms with Gasteiger partial charge in [0.15, 0.2) is 0 Å². The molecule has 8 heteroatoms. The Hall–Kier alpha value is -3.32. The van der Waals surface area contributed by atoms with Crippen molar-refractivity contribution in [3.63, 3.8) is 0 Å². The van der Waals surface area contributed by atoms with Crippen LogP contribution in [0, 0.1) is 6.92 Å². The maximum atomic E-state index is 12.6. The van der Waals surface area contributed by atoms with Crippen LogP contribution in [0.1, 0.15) is 16.1 Å². The van der Waals surface area contributed by atoms with Crippen molar-refractivity contribution in [1.82, 2.24) is 9.97 Å². The number of carbonyl (C=O) groups excluding carboxylic acids is 1. The summed E-state index contributed by atoms with van der Waals surface area (Å²) in [7, 11) is 3.13. The standard InChI is InChI=1S/C20H19ClN4O3/c1-12-10-13(21)4-6-15(12)23-19(26)17-8-9-22-20(25-17)24-16-7-5-14(27-2)11-18(16)28-3/h4-11H,1-3H3,(H,23,26)(H,22,24,25). The van der Waals surface area contributed by atoms with Crippen molar-refractivity contribution in [3.05, 3.63) is 64.9 Å². The van der Waals surface area contributed by atoms with Crippen molar-refractivity contribution in [3.8, 4) is 11.5 Å². The highest BCUT2D eigenvalue weighted by atomic mass is 35.5. The SMILES string of the molecule is COc1ccc(Nc2nccc(C(=O)Nc3ccc(Cl)cc3C)n2)c(OC)c1. The lowest BCUT2D eigenvalue weighted by Gasteiger charge is -2.12. The predicted octanol–water partition coefficient (Wildman–Crippen LogP) is 4.45. The van der Waals surface area contributed by atoms with E-state index >= 15 is 0 Å². The molecule has 0 fully saturated rings. The zero-order valence-corrected chi connectivity index (χ0v) is 16.4. The zero-order valence-electron chi connectivity index (χ0n) is 15.6. The molecule has 0 radical (unpaired) electrons. The molecule has 0 aliphatic rings. The average molecular weight is 399 g/mol. The Balaban J connectivity index is 1.79. The van der Waals surface area contributed by atoms with Crippen LogP contribution >= 0.6 is 11.6 Å². The Labute approximate surface area is 167 Å². The molecule has 0 unspecified atom stereocenters. The van der Waals surface area contributed by atoms with Gasteiger partial charge in [0.05, 0.1) is 19.9 Å². The van der Waals surface area contributed by atoms with Gasteiger partial charge in [-0.1, -0.05) is 11.6 Å². The largest absolute Gasteiger partial charge is 0.497 e. The van der Waals surface area contributed by atoms with E-state index < -0.39 is 0 Å². The summed E-state index contributed by atoms with van der Waals surface area (Å²) in [6.45, 7) is 1.87. The summed E-state index contributed by atoms with van der Waals surface area (Å²) >= 11 is 5.95. The highest BCUT2D eigenvalue weighted by molar-refractivity contribution is 6.30. The number of aromatic nitrogens is 2. The van der Waals surface area contributed by atoms with Crippen LogP contribution in [0.15, 0.2) is 48.7 Å². The van der Waals surface area contributed by atoms with E-state index in [1.165, 1.54) is 12.3 Å². The van der Waals surface area contributed by atoms with Crippen LogP contribution in [0.25, 0.3) is 0 Å². The highest BCUT2D eigenvalue weighted by Crippen LogP contribution is 2.30. The van der Waals surface area contributed by atoms with Gasteiger partial charge >= 0.3 is 0 Å². The van der Waals surface area contributed by atoms with Crippen LogP contribution in [0.4, 0.5) is 17.3 Å². The molecule has 1 aromatic heterocycles. The third-order valence-corrected chi connectivity index (χ3v) is 4.22. The second-order valence-electron chi connectivity index (χ2n) is 5.87. The van der Waals surface area contributed by atoms with Crippen LogP contribution < -0.4 is 20.1 Å². The van der Waals surface area contributed by atoms with E-state index in [0.717, 1.165) is 5.56 Å². The number of ether oxygens (including phenoxy) is 2. The summed E-state index contributed by atoms with van der Waals surface area (Å²) in [5, 5.41) is 6.49. The van der Waals surface area contributed by atoms with E-state index in [2.05, 4.69) is 20.6 Å². The van der Waals surface area contributed by atoms with Gasteiger partial charge in [-0.3, -0.25) is 4.79 Å². The first kappa shape index (κ1) is 19.4. The number of hydrogen-bond acceptors (Lipinski definition) is 6. The van der Waals surface area contributed by atoms with Crippen molar-refractivity contribution in [2.45, 2.75) is 6.92 Å². The molecule has 0 atom stereocenters. The number of methoxy groups -OCH3 is 2. The maximum absolute atomic E-state index is 12.6. The first-order chi connectivity index (χ1) is 13.5. The molecule has 0 saturated carbocycles. The number of nitrogens with zero attached hydrogens (tertiary/aromatic N) is 2. The molecule has 2 aromatic carbocycles. The minimum atomic E-state index is -0.349. The topological polar surface area (TPSA) is 85.4 Å². The van der Waals surface area contributed by atoms with Gasteiger partial charge in [-0.2, -0.15) is 0 Å². The molecule has 0 saturated heterocycles. The monoisotopic (exact) mass is 398 g/mol. The first-order valence-electron chi connectivity index (χ1n) is 8.39. The number of nitrogens with one attached hydrogen (secondary N) is 2. The molecule has 0 spiro atoms. The summed E-state index contributed by atoms with van der Waals surface area (Å²) in [4.78, 5) is 21.0. The Morgan fingerprint density at radius 1 is 1.04 bits per heavy atom. The fourth-order valence-corrected chi connectivity index (χ4v) is 2.75. The Morgan fingerprint density at radius 3 is 2.54 bits per heavy atom. The quantitative estimate of drug-likeness (QED) is 0.638. The number of benzene rings is 2. The highest BCUT2D eigenvalue weighted by Gasteiger charge is 2.12. The van der Waals surface area contributed by atoms with Crippen LogP contribution in [-0.2, 0) is 0 Å². The Kier molecular flexibility index (Phi) is 5.96. The molecule has 3 aromatic rings. The molecule has 0 aliphatic carbocycles. The molecule has 144 valence electrons. The maximum Gasteiger partial charge on any atom is 0.274 e. The molecule has 3 rings (SSSR count). The number of rotatable bonds is 6. The van der Waals surface area contributed by atoms with Gasteiger partial charge in [0.1, 0.15) is 17.2 Å². The van der Waals surface area contributed by atoms with E-state index in [1.54, 1.807) is 50.6 Å². The van der Waals surface area contributed by atoms with Gasteiger partial charge in [0.25, 0.3) is 5.91 Å². The number of halogens is 1. The fraction of sp³-hybridized carbons (Fsp3) is 0.150. The Bertz CT molecular complexity index is 1010. The van der Waals surface area contributed by atoms with Crippen LogP contribution in [0.2, 0.25) is 5.02 Å². The first-order valence-corrected chi connectivity index (χ1v) is 8.77. The molecule has 0 aliphatic heterocycles. The molecule has 28 heavy (non-hydrogen) atoms. The van der Waals surface area contributed by atoms with Gasteiger partial charge in [0.2, 0.25) is 5.95 Å². The second-order valence-corrected chi connectivity index (χ2v) is 6.31. The van der Waals surface area contributed by atoms with Gasteiger partial charge in [-0.05, 0) is 48.9 Å². The third kappa shape index (κ3) is 4.50. The molecule has 7 nitrogen and oxygen atoms in total. The van der Waals surface area contributed by atoms with Crippen molar-refractivity contribution in [1.29, 1.82) is 0 Å². The third-order valence-electron chi connectivity index (χ3n) is 3.98. The van der Waals surface area contributed by atoms with E-state index in [-0.39, 0.29) is 17.5 Å². The normalized spacial score (nSPS) is 10.3. The minimum Gasteiger partial charge on any atom is -0.497 e. The van der Waals surface area contributed by atoms with Crippen molar-refractivity contribution in [2.75, 3.05) is 24.9 Å². The molecular weight excluding hydrogens is 380 g/mol. The lowest BCUT2D eigenvalue weighted by molar-refractivity contribution is 0.102. The smallest absolute Gasteiger partial charge is 0.274 e. The summed E-state index contributed by atoms with van der Waals surface area (Å²) in [5.41, 5.74) is 2.39. The molecular formula is C20H19ClN4O3. The summed E-state index contributed by atoms with van der Waals surface area (Å²) in [6, 6.07) is 12.1. The van der Waals surface area contributed by atoms with Crippen LogP contribution in [0.3, 0.4) is 0 Å². The van der Waals surface area contributed by atoms with Gasteiger partial charge in [-0.15, -0.1) is 0 Å². The predicted molar refractivity (Wildman–Crippen MR) is 109 cm³/mol. The number of amides is 1. The van der Waals surface area contributed by atoms with Crippen molar-refractivity contribution in [2.24, 2.45) is 0 Å². The van der Waals surface area contributed by atoms with Crippen molar-refractivity contribution < 1.29 is 14.3 Å². The lowest BCUT2D eigenvalue weighted by atomic mass is 10.2. The minimum absolute atomic E-state index is 0.222. The Morgan fingerprint density at radius 2 is 1.82 bits per heavy atom. The fourth-order valence-electron chi connectivity index (χ4n) is 2.52. The molecule has 2 N–H and O–H groups in total. The number of carbonyl (C=O) groups is 1. The van der Waals surface area contributed by atoms with E-state index in [1.807, 2.05) is 6.92 Å². The van der Waals surface area contributed by atoms with Crippen LogP contribution in [-0.4, -0.2) is 30.1 Å². The number of anilines is 3. The van der Waals surface area contributed by atoms with Gasteiger partial charge in [0, 0.05) is 23.0 Å². The molecule has 1 amide bonds. The second kappa shape index (κ2) is 8.58. The summed E-state index contributed by atoms with van der Waals surface area (Å²) in [6.07, 6.45) is 1.51. The van der Waals surface area contributed by atoms with E-state index in [0.29, 0.717) is 27.9 Å². The van der Waals surface area contributed by atoms with E-state index in [9.17, 15) is 4.79 Å². The summed E-state index contributed by atoms with van der Waals surface area (Å²) in [5.74, 6) is 1.14. The number of hydrogen-bond donors (Lipinski definition) is 2. The van der Waals surface area contributed by atoms with Gasteiger partial charge in [-0.25, -0.2) is 9.97 Å². The summed E-state index contributed by atoms with van der Waals surface area (Å²) < 4.78 is 10.5. The molecule has 1 heterocycles.